The highest BCUT2D eigenvalue weighted by Gasteiger charge is 2.24. The van der Waals surface area contributed by atoms with E-state index in [4.69, 9.17) is 23.2 Å². The number of benzene rings is 3. The maximum Gasteiger partial charge on any atom is 0.326 e. The number of sulfone groups is 1. The first kappa shape index (κ1) is 29.5. The number of aliphatic carboxylic acids is 1. The Balaban J connectivity index is 1.42. The van der Waals surface area contributed by atoms with Crippen LogP contribution < -0.4 is 16.0 Å². The molecule has 0 aliphatic carbocycles. The van der Waals surface area contributed by atoms with Gasteiger partial charge in [-0.05, 0) is 54.1 Å². The predicted molar refractivity (Wildman–Crippen MR) is 154 cm³/mol. The van der Waals surface area contributed by atoms with Crippen molar-refractivity contribution in [3.8, 4) is 0 Å². The van der Waals surface area contributed by atoms with Crippen LogP contribution in [0.25, 0.3) is 0 Å². The van der Waals surface area contributed by atoms with E-state index in [-0.39, 0.29) is 37.8 Å². The summed E-state index contributed by atoms with van der Waals surface area (Å²) in [5, 5.41) is 17.3. The van der Waals surface area contributed by atoms with Crippen LogP contribution in [0.15, 0.2) is 101 Å². The van der Waals surface area contributed by atoms with Gasteiger partial charge in [-0.25, -0.2) is 23.0 Å². The van der Waals surface area contributed by atoms with E-state index in [1.807, 2.05) is 0 Å². The highest BCUT2D eigenvalue weighted by molar-refractivity contribution is 7.91. The number of carboxylic acids is 1. The van der Waals surface area contributed by atoms with Crippen molar-refractivity contribution in [1.29, 1.82) is 0 Å². The van der Waals surface area contributed by atoms with Crippen LogP contribution in [0.3, 0.4) is 0 Å². The van der Waals surface area contributed by atoms with Crippen molar-refractivity contribution >= 4 is 62.3 Å². The number of pyridine rings is 1. The number of nitrogens with one attached hydrogen (secondary N) is 3. The van der Waals surface area contributed by atoms with Gasteiger partial charge in [0.1, 0.15) is 16.3 Å². The van der Waals surface area contributed by atoms with E-state index in [1.54, 1.807) is 48.5 Å². The molecule has 3 amide bonds. The molecular weight excluding hydrogens is 591 g/mol. The fraction of sp³-hybridized carbons (Fsp3) is 0.0714. The van der Waals surface area contributed by atoms with E-state index in [2.05, 4.69) is 20.9 Å². The van der Waals surface area contributed by atoms with Crippen molar-refractivity contribution in [3.05, 3.63) is 112 Å². The number of nitrogens with zero attached hydrogens (tertiary/aromatic N) is 1. The largest absolute Gasteiger partial charge is 0.480 e. The number of carboxylic acid groups (broad SMARTS) is 1. The fourth-order valence-electron chi connectivity index (χ4n) is 3.79. The maximum absolute atomic E-state index is 13.1. The second kappa shape index (κ2) is 12.8. The Morgan fingerprint density at radius 2 is 1.49 bits per heavy atom. The lowest BCUT2D eigenvalue weighted by Gasteiger charge is -2.17. The minimum atomic E-state index is -3.95. The predicted octanol–water partition coefficient (Wildman–Crippen LogP) is 5.29. The molecule has 4 rings (SSSR count). The first-order valence-electron chi connectivity index (χ1n) is 12.0. The lowest BCUT2D eigenvalue weighted by molar-refractivity contribution is -0.139. The molecule has 10 nitrogen and oxygen atoms in total. The molecule has 0 radical (unpaired) electrons. The van der Waals surface area contributed by atoms with Gasteiger partial charge >= 0.3 is 12.0 Å². The molecule has 0 bridgehead atoms. The lowest BCUT2D eigenvalue weighted by Crippen LogP contribution is -2.44. The molecule has 41 heavy (non-hydrogen) atoms. The van der Waals surface area contributed by atoms with Gasteiger partial charge in [0.2, 0.25) is 9.84 Å². The number of carbonyl (C=O) groups is 3. The van der Waals surface area contributed by atoms with Gasteiger partial charge in [-0.15, -0.1) is 0 Å². The Morgan fingerprint density at radius 3 is 2.15 bits per heavy atom. The van der Waals surface area contributed by atoms with Crippen LogP contribution >= 0.6 is 23.2 Å². The van der Waals surface area contributed by atoms with Gasteiger partial charge in [0.25, 0.3) is 5.91 Å². The van der Waals surface area contributed by atoms with Crippen molar-refractivity contribution in [3.63, 3.8) is 0 Å². The maximum atomic E-state index is 13.1. The first-order chi connectivity index (χ1) is 19.5. The standard InChI is InChI=1S/C28H22Cl2N4O6S/c29-24-15-14-20(25(30)34-24)26(35)31-18-12-10-17(11-13-18)16-22(27(36)37)33-28(38)32-21-8-4-5-9-23(21)41(39,40)19-6-2-1-3-7-19/h1-15,22H,16H2,(H,31,35)(H,36,37)(H2,32,33,38)/t22-/m0/s1. The average molecular weight is 613 g/mol. The van der Waals surface area contributed by atoms with Crippen molar-refractivity contribution in [1.82, 2.24) is 10.3 Å². The molecule has 4 aromatic rings. The number of anilines is 2. The van der Waals surface area contributed by atoms with Crippen molar-refractivity contribution in [2.24, 2.45) is 0 Å². The molecule has 0 fully saturated rings. The Hall–Kier alpha value is -4.45. The molecule has 0 unspecified atom stereocenters. The third-order valence-corrected chi connectivity index (χ3v) is 8.12. The Kier molecular flexibility index (Phi) is 9.23. The number of para-hydroxylation sites is 1. The smallest absolute Gasteiger partial charge is 0.326 e. The second-order valence-corrected chi connectivity index (χ2v) is 11.3. The molecule has 1 atom stereocenters. The third-order valence-electron chi connectivity index (χ3n) is 5.79. The zero-order valence-corrected chi connectivity index (χ0v) is 23.4. The van der Waals surface area contributed by atoms with Crippen molar-refractivity contribution < 1.29 is 27.9 Å². The van der Waals surface area contributed by atoms with Gasteiger partial charge in [0, 0.05) is 12.1 Å². The monoisotopic (exact) mass is 612 g/mol. The van der Waals surface area contributed by atoms with E-state index in [0.717, 1.165) is 0 Å². The van der Waals surface area contributed by atoms with E-state index < -0.39 is 33.8 Å². The zero-order chi connectivity index (χ0) is 29.6. The summed E-state index contributed by atoms with van der Waals surface area (Å²) < 4.78 is 26.2. The van der Waals surface area contributed by atoms with Gasteiger partial charge in [-0.2, -0.15) is 0 Å². The summed E-state index contributed by atoms with van der Waals surface area (Å²) in [5.74, 6) is -1.81. The minimum absolute atomic E-state index is 0.00548. The SMILES string of the molecule is O=C(Nc1ccccc1S(=O)(=O)c1ccccc1)N[C@@H](Cc1ccc(NC(=O)c2ccc(Cl)nc2Cl)cc1)C(=O)O. The Morgan fingerprint density at radius 1 is 0.829 bits per heavy atom. The molecule has 4 N–H and O–H groups in total. The lowest BCUT2D eigenvalue weighted by atomic mass is 10.1. The van der Waals surface area contributed by atoms with E-state index in [1.165, 1.54) is 42.5 Å². The number of hydrogen-bond acceptors (Lipinski definition) is 6. The summed E-state index contributed by atoms with van der Waals surface area (Å²) >= 11 is 11.7. The van der Waals surface area contributed by atoms with Crippen molar-refractivity contribution in [2.45, 2.75) is 22.3 Å². The molecular formula is C28H22Cl2N4O6S. The molecule has 13 heteroatoms. The second-order valence-electron chi connectivity index (χ2n) is 8.63. The topological polar surface area (TPSA) is 155 Å². The normalized spacial score (nSPS) is 11.8. The quantitative estimate of drug-likeness (QED) is 0.187. The van der Waals surface area contributed by atoms with Gasteiger partial charge in [-0.3, -0.25) is 4.79 Å². The number of urea groups is 1. The number of hydrogen-bond donors (Lipinski definition) is 4. The number of aromatic nitrogens is 1. The summed E-state index contributed by atoms with van der Waals surface area (Å²) in [6, 6.07) is 20.5. The van der Waals surface area contributed by atoms with Crippen LogP contribution in [0.5, 0.6) is 0 Å². The molecule has 0 saturated carbocycles. The number of amides is 3. The van der Waals surface area contributed by atoms with Gasteiger partial charge in [-0.1, -0.05) is 65.7 Å². The summed E-state index contributed by atoms with van der Waals surface area (Å²) in [4.78, 5) is 40.9. The molecule has 0 aliphatic heterocycles. The Labute approximate surface area is 245 Å². The third kappa shape index (κ3) is 7.40. The van der Waals surface area contributed by atoms with E-state index in [0.29, 0.717) is 11.3 Å². The summed E-state index contributed by atoms with van der Waals surface area (Å²) in [5.41, 5.74) is 1.08. The Bertz CT molecular complexity index is 1700. The molecule has 0 aliphatic rings. The molecule has 3 aromatic carbocycles. The highest BCUT2D eigenvalue weighted by Crippen LogP contribution is 2.27. The molecule has 1 heterocycles. The van der Waals surface area contributed by atoms with Crippen LogP contribution in [0.1, 0.15) is 15.9 Å². The molecule has 1 aromatic heterocycles. The summed E-state index contributed by atoms with van der Waals surface area (Å²) in [6.45, 7) is 0. The fourth-order valence-corrected chi connectivity index (χ4v) is 5.65. The van der Waals surface area contributed by atoms with Crippen LogP contribution in [0.2, 0.25) is 10.3 Å². The van der Waals surface area contributed by atoms with E-state index >= 15 is 0 Å². The van der Waals surface area contributed by atoms with Crippen LogP contribution in [0, 0.1) is 0 Å². The molecule has 0 saturated heterocycles. The first-order valence-corrected chi connectivity index (χ1v) is 14.2. The van der Waals surface area contributed by atoms with Crippen LogP contribution in [0.4, 0.5) is 16.2 Å². The minimum Gasteiger partial charge on any atom is -0.480 e. The number of halogens is 2. The molecule has 0 spiro atoms. The highest BCUT2D eigenvalue weighted by atomic mass is 35.5. The average Bonchev–Trinajstić information content (AvgIpc) is 2.94. The van der Waals surface area contributed by atoms with Gasteiger partial charge in [0.05, 0.1) is 21.0 Å². The number of carbonyl (C=O) groups excluding carboxylic acids is 2. The van der Waals surface area contributed by atoms with Crippen LogP contribution in [-0.2, 0) is 21.1 Å². The summed E-state index contributed by atoms with van der Waals surface area (Å²) in [7, 11) is -3.95. The van der Waals surface area contributed by atoms with Crippen molar-refractivity contribution in [2.75, 3.05) is 10.6 Å². The summed E-state index contributed by atoms with van der Waals surface area (Å²) in [6.07, 6.45) is -0.0894. The van der Waals surface area contributed by atoms with Crippen LogP contribution in [-0.4, -0.2) is 42.5 Å². The van der Waals surface area contributed by atoms with Gasteiger partial charge in [0.15, 0.2) is 0 Å². The number of rotatable bonds is 9. The van der Waals surface area contributed by atoms with Gasteiger partial charge < -0.3 is 21.1 Å². The zero-order valence-electron chi connectivity index (χ0n) is 21.0. The van der Waals surface area contributed by atoms with E-state index in [9.17, 15) is 27.9 Å². The molecule has 210 valence electrons.